The lowest BCUT2D eigenvalue weighted by Gasteiger charge is -2.17. The second-order valence-corrected chi connectivity index (χ2v) is 7.97. The standard InChI is InChI=1S/C22H22FN5O3/c23-14-4-3-11(7-13(14)21(24)29)18-20-17-15(28-18)8-12(9-16(17)31-6-5-26-20)27-19(22(25)30)10-1-2-10/h3-4,7-10,19,26-28H,1-2,5-6H2,(H2,24,29)(H2,25,30)/t19-/m0/s1. The number of primary amides is 2. The van der Waals surface area contributed by atoms with Gasteiger partial charge in [0.2, 0.25) is 5.91 Å². The van der Waals surface area contributed by atoms with Crippen molar-refractivity contribution in [3.05, 3.63) is 41.7 Å². The molecule has 31 heavy (non-hydrogen) atoms. The Morgan fingerprint density at radius 1 is 1.19 bits per heavy atom. The molecule has 1 atom stereocenters. The van der Waals surface area contributed by atoms with Gasteiger partial charge < -0.3 is 31.8 Å². The lowest BCUT2D eigenvalue weighted by molar-refractivity contribution is -0.119. The van der Waals surface area contributed by atoms with Crippen molar-refractivity contribution < 1.29 is 18.7 Å². The van der Waals surface area contributed by atoms with Gasteiger partial charge >= 0.3 is 0 Å². The Morgan fingerprint density at radius 2 is 2.00 bits per heavy atom. The van der Waals surface area contributed by atoms with E-state index in [2.05, 4.69) is 15.6 Å². The summed E-state index contributed by atoms with van der Waals surface area (Å²) in [5.74, 6) is -0.981. The zero-order valence-electron chi connectivity index (χ0n) is 16.6. The molecule has 8 nitrogen and oxygen atoms in total. The molecule has 1 aliphatic carbocycles. The van der Waals surface area contributed by atoms with Gasteiger partial charge in [-0.05, 0) is 43.0 Å². The normalized spacial score (nSPS) is 16.2. The zero-order valence-corrected chi connectivity index (χ0v) is 16.6. The highest BCUT2D eigenvalue weighted by molar-refractivity contribution is 6.07. The Balaban J connectivity index is 1.63. The molecule has 160 valence electrons. The summed E-state index contributed by atoms with van der Waals surface area (Å²) >= 11 is 0. The van der Waals surface area contributed by atoms with Crippen LogP contribution in [-0.4, -0.2) is 36.0 Å². The van der Waals surface area contributed by atoms with Gasteiger partial charge in [-0.3, -0.25) is 9.59 Å². The van der Waals surface area contributed by atoms with Gasteiger partial charge in [-0.1, -0.05) is 0 Å². The SMILES string of the molecule is NC(=O)c1cc(-c2[nH]c3cc(N[C@H](C(N)=O)C4CC4)cc4c3c2NCCO4)ccc1F. The van der Waals surface area contributed by atoms with Crippen molar-refractivity contribution in [2.75, 3.05) is 23.8 Å². The predicted octanol–water partition coefficient (Wildman–Crippen LogP) is 2.55. The summed E-state index contributed by atoms with van der Waals surface area (Å²) in [5.41, 5.74) is 14.3. The van der Waals surface area contributed by atoms with Gasteiger partial charge in [0, 0.05) is 23.9 Å². The summed E-state index contributed by atoms with van der Waals surface area (Å²) in [7, 11) is 0. The molecule has 2 aliphatic rings. The van der Waals surface area contributed by atoms with Crippen LogP contribution >= 0.6 is 0 Å². The molecule has 9 heteroatoms. The number of nitrogens with one attached hydrogen (secondary N) is 3. The second kappa shape index (κ2) is 7.19. The second-order valence-electron chi connectivity index (χ2n) is 7.97. The maximum Gasteiger partial charge on any atom is 0.251 e. The van der Waals surface area contributed by atoms with E-state index in [9.17, 15) is 14.0 Å². The van der Waals surface area contributed by atoms with Crippen molar-refractivity contribution in [3.63, 3.8) is 0 Å². The van der Waals surface area contributed by atoms with Crippen LogP contribution in [0.25, 0.3) is 22.2 Å². The summed E-state index contributed by atoms with van der Waals surface area (Å²) in [6, 6.07) is 7.56. The number of anilines is 2. The minimum absolute atomic E-state index is 0.176. The molecule has 3 aromatic rings. The molecule has 7 N–H and O–H groups in total. The van der Waals surface area contributed by atoms with Crippen LogP contribution in [0.15, 0.2) is 30.3 Å². The van der Waals surface area contributed by atoms with Crippen LogP contribution in [0.5, 0.6) is 5.75 Å². The van der Waals surface area contributed by atoms with E-state index >= 15 is 0 Å². The molecular formula is C22H22FN5O3. The zero-order chi connectivity index (χ0) is 21.7. The smallest absolute Gasteiger partial charge is 0.251 e. The number of ether oxygens (including phenoxy) is 1. The van der Waals surface area contributed by atoms with Crippen molar-refractivity contribution in [2.24, 2.45) is 17.4 Å². The molecule has 0 radical (unpaired) electrons. The average Bonchev–Trinajstić information content (AvgIpc) is 3.52. The number of benzene rings is 2. The molecular weight excluding hydrogens is 401 g/mol. The largest absolute Gasteiger partial charge is 0.491 e. The van der Waals surface area contributed by atoms with E-state index < -0.39 is 17.8 Å². The molecule has 0 unspecified atom stereocenters. The predicted molar refractivity (Wildman–Crippen MR) is 116 cm³/mol. The van der Waals surface area contributed by atoms with Crippen LogP contribution in [0, 0.1) is 11.7 Å². The van der Waals surface area contributed by atoms with E-state index in [-0.39, 0.29) is 17.4 Å². The van der Waals surface area contributed by atoms with Gasteiger partial charge in [-0.25, -0.2) is 4.39 Å². The molecule has 0 bridgehead atoms. The van der Waals surface area contributed by atoms with E-state index in [1.807, 2.05) is 12.1 Å². The molecule has 1 saturated carbocycles. The lowest BCUT2D eigenvalue weighted by atomic mass is 10.0. The molecule has 1 fully saturated rings. The van der Waals surface area contributed by atoms with Crippen molar-refractivity contribution >= 4 is 34.1 Å². The molecule has 2 aromatic carbocycles. The summed E-state index contributed by atoms with van der Waals surface area (Å²) in [6.45, 7) is 1.01. The lowest BCUT2D eigenvalue weighted by Crippen LogP contribution is -2.37. The molecule has 0 saturated heterocycles. The molecule has 2 heterocycles. The summed E-state index contributed by atoms with van der Waals surface area (Å²) < 4.78 is 19.9. The number of halogens is 1. The Bertz CT molecular complexity index is 1220. The number of carbonyl (C=O) groups excluding carboxylic acids is 2. The number of amides is 2. The Kier molecular flexibility index (Phi) is 4.46. The van der Waals surface area contributed by atoms with Crippen LogP contribution < -0.4 is 26.8 Å². The highest BCUT2D eigenvalue weighted by atomic mass is 19.1. The first-order chi connectivity index (χ1) is 14.9. The summed E-state index contributed by atoms with van der Waals surface area (Å²) in [5, 5.41) is 7.43. The van der Waals surface area contributed by atoms with Crippen molar-refractivity contribution in [1.29, 1.82) is 0 Å². The van der Waals surface area contributed by atoms with Crippen LogP contribution in [0.1, 0.15) is 23.2 Å². The van der Waals surface area contributed by atoms with E-state index in [4.69, 9.17) is 16.2 Å². The maximum absolute atomic E-state index is 14.0. The highest BCUT2D eigenvalue weighted by Gasteiger charge is 2.35. The van der Waals surface area contributed by atoms with Gasteiger partial charge in [-0.2, -0.15) is 0 Å². The topological polar surface area (TPSA) is 135 Å². The van der Waals surface area contributed by atoms with Gasteiger partial charge in [0.05, 0.1) is 27.8 Å². The minimum Gasteiger partial charge on any atom is -0.491 e. The monoisotopic (exact) mass is 423 g/mol. The van der Waals surface area contributed by atoms with E-state index in [0.717, 1.165) is 35.1 Å². The van der Waals surface area contributed by atoms with E-state index in [1.54, 1.807) is 6.07 Å². The molecule has 1 aliphatic heterocycles. The van der Waals surface area contributed by atoms with Crippen molar-refractivity contribution in [2.45, 2.75) is 18.9 Å². The van der Waals surface area contributed by atoms with Gasteiger partial charge in [0.25, 0.3) is 5.91 Å². The van der Waals surface area contributed by atoms with Crippen molar-refractivity contribution in [1.82, 2.24) is 4.98 Å². The maximum atomic E-state index is 14.0. The summed E-state index contributed by atoms with van der Waals surface area (Å²) in [4.78, 5) is 26.8. The molecule has 5 rings (SSSR count). The number of hydrogen-bond donors (Lipinski definition) is 5. The number of rotatable bonds is 6. The third kappa shape index (κ3) is 3.41. The Morgan fingerprint density at radius 3 is 2.71 bits per heavy atom. The molecule has 1 aromatic heterocycles. The first-order valence-corrected chi connectivity index (χ1v) is 10.1. The third-order valence-corrected chi connectivity index (χ3v) is 5.77. The Labute approximate surface area is 177 Å². The quantitative estimate of drug-likeness (QED) is 0.415. The fourth-order valence-electron chi connectivity index (χ4n) is 4.12. The minimum atomic E-state index is -0.831. The number of carbonyl (C=O) groups is 2. The number of nitrogens with two attached hydrogens (primary N) is 2. The number of hydrogen-bond acceptors (Lipinski definition) is 5. The first-order valence-electron chi connectivity index (χ1n) is 10.1. The molecule has 0 spiro atoms. The third-order valence-electron chi connectivity index (χ3n) is 5.77. The van der Waals surface area contributed by atoms with Gasteiger partial charge in [-0.15, -0.1) is 0 Å². The average molecular weight is 423 g/mol. The van der Waals surface area contributed by atoms with E-state index in [0.29, 0.717) is 30.2 Å². The van der Waals surface area contributed by atoms with Gasteiger partial charge in [0.1, 0.15) is 24.2 Å². The van der Waals surface area contributed by atoms with Crippen LogP contribution in [0.3, 0.4) is 0 Å². The number of aromatic amines is 1. The van der Waals surface area contributed by atoms with Crippen LogP contribution in [-0.2, 0) is 4.79 Å². The number of aromatic nitrogens is 1. The number of H-pyrrole nitrogens is 1. The van der Waals surface area contributed by atoms with E-state index in [1.165, 1.54) is 12.1 Å². The summed E-state index contributed by atoms with van der Waals surface area (Å²) in [6.07, 6.45) is 1.94. The highest BCUT2D eigenvalue weighted by Crippen LogP contribution is 2.43. The molecule has 2 amide bonds. The Hall–Kier alpha value is -3.75. The van der Waals surface area contributed by atoms with Crippen LogP contribution in [0.2, 0.25) is 0 Å². The van der Waals surface area contributed by atoms with Crippen molar-refractivity contribution in [3.8, 4) is 17.0 Å². The first kappa shape index (κ1) is 19.2. The van der Waals surface area contributed by atoms with Gasteiger partial charge in [0.15, 0.2) is 0 Å². The fourth-order valence-corrected chi connectivity index (χ4v) is 4.12. The fraction of sp³-hybridized carbons (Fsp3) is 0.273. The van der Waals surface area contributed by atoms with Crippen LogP contribution in [0.4, 0.5) is 15.8 Å².